The van der Waals surface area contributed by atoms with Gasteiger partial charge in [-0.25, -0.2) is 0 Å². The fraction of sp³-hybridized carbons (Fsp3) is 0.478. The number of pyridine rings is 1. The first-order valence-corrected chi connectivity index (χ1v) is 11.1. The number of benzene rings is 1. The molecule has 2 fully saturated rings. The Balaban J connectivity index is 0.00000289. The van der Waals surface area contributed by atoms with Crippen molar-refractivity contribution < 1.29 is 18.0 Å². The van der Waals surface area contributed by atoms with E-state index in [1.165, 1.54) is 18.6 Å². The Kier molecular flexibility index (Phi) is 8.06. The van der Waals surface area contributed by atoms with Crippen molar-refractivity contribution in [1.29, 1.82) is 0 Å². The van der Waals surface area contributed by atoms with Crippen molar-refractivity contribution in [2.75, 3.05) is 6.54 Å². The summed E-state index contributed by atoms with van der Waals surface area (Å²) in [4.78, 5) is 19.8. The summed E-state index contributed by atoms with van der Waals surface area (Å²) in [7, 11) is 0. The zero-order valence-corrected chi connectivity index (χ0v) is 19.0. The van der Waals surface area contributed by atoms with Crippen LogP contribution in [-0.4, -0.2) is 34.4 Å². The van der Waals surface area contributed by atoms with E-state index in [-0.39, 0.29) is 30.1 Å². The zero-order chi connectivity index (χ0) is 22.0. The number of hydrogen-bond donors (Lipinski definition) is 1. The lowest BCUT2D eigenvalue weighted by Gasteiger charge is -2.48. The second-order valence-electron chi connectivity index (χ2n) is 8.29. The summed E-state index contributed by atoms with van der Waals surface area (Å²) in [6.45, 7) is 0.965. The normalized spacial score (nSPS) is 22.4. The van der Waals surface area contributed by atoms with Crippen LogP contribution in [0.15, 0.2) is 42.7 Å². The Bertz CT molecular complexity index is 924. The highest BCUT2D eigenvalue weighted by atomic mass is 35.5. The van der Waals surface area contributed by atoms with Gasteiger partial charge in [-0.3, -0.25) is 14.7 Å². The lowest BCUT2D eigenvalue weighted by molar-refractivity contribution is -0.137. The van der Waals surface area contributed by atoms with Gasteiger partial charge in [-0.15, -0.1) is 12.4 Å². The minimum Gasteiger partial charge on any atom is -0.344 e. The number of rotatable bonds is 4. The topological polar surface area (TPSA) is 45.2 Å². The summed E-state index contributed by atoms with van der Waals surface area (Å²) in [6.07, 6.45) is 5.32. The summed E-state index contributed by atoms with van der Waals surface area (Å²) in [5, 5.41) is 2.43. The molecule has 1 N–H and O–H groups in total. The molecule has 4 nitrogen and oxygen atoms in total. The highest BCUT2D eigenvalue weighted by Gasteiger charge is 2.39. The third-order valence-corrected chi connectivity index (χ3v) is 6.81. The molecule has 3 heterocycles. The summed E-state index contributed by atoms with van der Waals surface area (Å²) in [5.74, 6) is -0.607. The number of carbonyl (C=O) groups is 1. The van der Waals surface area contributed by atoms with Gasteiger partial charge in [-0.05, 0) is 56.0 Å². The van der Waals surface area contributed by atoms with Crippen LogP contribution in [0.1, 0.15) is 66.1 Å². The van der Waals surface area contributed by atoms with Crippen LogP contribution in [0.5, 0.6) is 0 Å². The lowest BCUT2D eigenvalue weighted by atomic mass is 9.84. The Morgan fingerprint density at radius 1 is 1.12 bits per heavy atom. The SMILES string of the molecule is Cl.O=C(NC(c1cccnc1)C1CCCC2CCCCN21)c1cccc(C(F)(F)F)c1Cl. The van der Waals surface area contributed by atoms with Crippen molar-refractivity contribution in [3.05, 3.63) is 64.4 Å². The third-order valence-electron chi connectivity index (χ3n) is 6.40. The molecule has 1 aromatic heterocycles. The van der Waals surface area contributed by atoms with Crippen LogP contribution in [0.3, 0.4) is 0 Å². The number of carbonyl (C=O) groups excluding carboxylic acids is 1. The first-order chi connectivity index (χ1) is 14.9. The summed E-state index contributed by atoms with van der Waals surface area (Å²) in [5.41, 5.74) is -0.333. The predicted molar refractivity (Wildman–Crippen MR) is 120 cm³/mol. The molecular weight excluding hydrogens is 462 g/mol. The number of halogens is 5. The summed E-state index contributed by atoms with van der Waals surface area (Å²) < 4.78 is 39.8. The summed E-state index contributed by atoms with van der Waals surface area (Å²) in [6, 6.07) is 7.31. The lowest BCUT2D eigenvalue weighted by Crippen LogP contribution is -2.54. The number of piperidine rings is 2. The van der Waals surface area contributed by atoms with Crippen molar-refractivity contribution in [2.24, 2.45) is 0 Å². The van der Waals surface area contributed by atoms with Crippen molar-refractivity contribution in [3.63, 3.8) is 0 Å². The fourth-order valence-corrected chi connectivity index (χ4v) is 5.28. The Morgan fingerprint density at radius 3 is 2.62 bits per heavy atom. The number of nitrogens with zero attached hydrogens (tertiary/aromatic N) is 2. The van der Waals surface area contributed by atoms with Crippen LogP contribution in [0.2, 0.25) is 5.02 Å². The van der Waals surface area contributed by atoms with E-state index in [1.807, 2.05) is 12.1 Å². The largest absolute Gasteiger partial charge is 0.417 e. The van der Waals surface area contributed by atoms with E-state index in [9.17, 15) is 18.0 Å². The molecule has 2 aromatic rings. The minimum absolute atomic E-state index is 0. The van der Waals surface area contributed by atoms with Gasteiger partial charge in [-0.1, -0.05) is 36.6 Å². The van der Waals surface area contributed by atoms with Gasteiger partial charge in [0.2, 0.25) is 0 Å². The molecule has 32 heavy (non-hydrogen) atoms. The van der Waals surface area contributed by atoms with E-state index in [2.05, 4.69) is 15.2 Å². The maximum atomic E-state index is 13.3. The van der Waals surface area contributed by atoms with Gasteiger partial charge in [0.25, 0.3) is 5.91 Å². The molecule has 0 spiro atoms. The molecule has 0 aliphatic carbocycles. The second kappa shape index (κ2) is 10.4. The molecule has 3 unspecified atom stereocenters. The average Bonchev–Trinajstić information content (AvgIpc) is 2.77. The molecule has 1 aromatic carbocycles. The molecule has 1 amide bonds. The quantitative estimate of drug-likeness (QED) is 0.570. The number of nitrogens with one attached hydrogen (secondary N) is 1. The predicted octanol–water partition coefficient (Wildman–Crippen LogP) is 6.05. The van der Waals surface area contributed by atoms with Gasteiger partial charge in [-0.2, -0.15) is 13.2 Å². The van der Waals surface area contributed by atoms with Crippen LogP contribution in [0, 0.1) is 0 Å². The van der Waals surface area contributed by atoms with Gasteiger partial charge < -0.3 is 5.32 Å². The molecule has 174 valence electrons. The number of hydrogen-bond acceptors (Lipinski definition) is 3. The van der Waals surface area contributed by atoms with Crippen LogP contribution in [0.4, 0.5) is 13.2 Å². The monoisotopic (exact) mass is 487 g/mol. The van der Waals surface area contributed by atoms with Crippen LogP contribution in [0.25, 0.3) is 0 Å². The van der Waals surface area contributed by atoms with Crippen molar-refractivity contribution in [1.82, 2.24) is 15.2 Å². The number of aromatic nitrogens is 1. The van der Waals surface area contributed by atoms with Gasteiger partial charge in [0.1, 0.15) is 0 Å². The Hall–Kier alpha value is -1.83. The summed E-state index contributed by atoms with van der Waals surface area (Å²) >= 11 is 6.01. The van der Waals surface area contributed by atoms with E-state index < -0.39 is 22.7 Å². The molecule has 0 radical (unpaired) electrons. The highest BCUT2D eigenvalue weighted by Crippen LogP contribution is 2.38. The van der Waals surface area contributed by atoms with Crippen LogP contribution >= 0.6 is 24.0 Å². The first-order valence-electron chi connectivity index (χ1n) is 10.7. The third kappa shape index (κ3) is 5.21. The Morgan fingerprint density at radius 2 is 1.91 bits per heavy atom. The Labute approximate surface area is 196 Å². The van der Waals surface area contributed by atoms with Crippen molar-refractivity contribution in [3.8, 4) is 0 Å². The van der Waals surface area contributed by atoms with E-state index >= 15 is 0 Å². The van der Waals surface area contributed by atoms with Crippen LogP contribution in [-0.2, 0) is 6.18 Å². The molecule has 3 atom stereocenters. The first kappa shape index (κ1) is 24.8. The van der Waals surface area contributed by atoms with E-state index in [1.54, 1.807) is 12.4 Å². The average molecular weight is 488 g/mol. The molecule has 2 saturated heterocycles. The van der Waals surface area contributed by atoms with Crippen molar-refractivity contribution >= 4 is 29.9 Å². The molecule has 2 aliphatic heterocycles. The molecule has 4 rings (SSSR count). The maximum Gasteiger partial charge on any atom is 0.417 e. The van der Waals surface area contributed by atoms with Crippen LogP contribution < -0.4 is 5.32 Å². The minimum atomic E-state index is -4.62. The molecule has 9 heteroatoms. The smallest absolute Gasteiger partial charge is 0.344 e. The fourth-order valence-electron chi connectivity index (χ4n) is 4.96. The van der Waals surface area contributed by atoms with Crippen molar-refractivity contribution in [2.45, 2.75) is 62.8 Å². The molecule has 0 saturated carbocycles. The number of fused-ring (bicyclic) bond motifs is 1. The number of amides is 1. The van der Waals surface area contributed by atoms with E-state index in [0.29, 0.717) is 6.04 Å². The van der Waals surface area contributed by atoms with Gasteiger partial charge in [0.05, 0.1) is 22.2 Å². The second-order valence-corrected chi connectivity index (χ2v) is 8.67. The highest BCUT2D eigenvalue weighted by molar-refractivity contribution is 6.34. The standard InChI is InChI=1S/C23H25ClF3N3O.ClH/c24-20-17(9-4-10-18(20)23(25,26)27)22(31)29-21(15-6-5-12-28-14-15)19-11-3-8-16-7-1-2-13-30(16)19;/h4-6,9-10,12,14,16,19,21H,1-3,7-8,11,13H2,(H,29,31);1H. The van der Waals surface area contributed by atoms with E-state index in [0.717, 1.165) is 50.3 Å². The molecule has 2 aliphatic rings. The zero-order valence-electron chi connectivity index (χ0n) is 17.4. The van der Waals surface area contributed by atoms with Gasteiger partial charge >= 0.3 is 6.18 Å². The molecule has 0 bridgehead atoms. The molecular formula is C23H26Cl2F3N3O. The van der Waals surface area contributed by atoms with E-state index in [4.69, 9.17) is 11.6 Å². The van der Waals surface area contributed by atoms with Gasteiger partial charge in [0.15, 0.2) is 0 Å². The maximum absolute atomic E-state index is 13.3. The number of alkyl halides is 3. The van der Waals surface area contributed by atoms with Gasteiger partial charge in [0, 0.05) is 24.5 Å².